The number of benzene rings is 3. The summed E-state index contributed by atoms with van der Waals surface area (Å²) in [5.41, 5.74) is 1.19. The Morgan fingerprint density at radius 3 is 2.45 bits per heavy atom. The fourth-order valence-electron chi connectivity index (χ4n) is 4.02. The van der Waals surface area contributed by atoms with Gasteiger partial charge < -0.3 is 9.80 Å². The first-order valence-electron chi connectivity index (χ1n) is 10.8. The van der Waals surface area contributed by atoms with Gasteiger partial charge in [0.25, 0.3) is 0 Å². The molecule has 1 amide bonds. The molecule has 170 valence electrons. The van der Waals surface area contributed by atoms with Gasteiger partial charge >= 0.3 is 0 Å². The molecule has 1 atom stereocenters. The molecular weight excluding hydrogens is 436 g/mol. The number of sulfonamides is 1. The zero-order chi connectivity index (χ0) is 23.4. The monoisotopic (exact) mass is 462 g/mol. The molecule has 1 aliphatic heterocycles. The largest absolute Gasteiger partial charge is 0.339 e. The minimum atomic E-state index is -3.95. The van der Waals surface area contributed by atoms with E-state index in [2.05, 4.69) is 15.7 Å². The van der Waals surface area contributed by atoms with Crippen LogP contribution in [0.15, 0.2) is 71.6 Å². The standard InChI is InChI=1S/C25H26N4O3S/c1-28-11-13-29(14-12-28)25(30)24(16-19-5-4-6-20(15-19)18-26)27-33(31,32)23-10-9-21-7-2-3-8-22(21)17-23/h2-10,15,17,24,27H,11-14,16H2,1H3/t24-/m0/s1. The number of nitriles is 1. The van der Waals surface area contributed by atoms with Crippen LogP contribution in [-0.4, -0.2) is 63.4 Å². The average molecular weight is 463 g/mol. The Morgan fingerprint density at radius 1 is 1.00 bits per heavy atom. The van der Waals surface area contributed by atoms with Gasteiger partial charge in [-0.2, -0.15) is 9.98 Å². The highest BCUT2D eigenvalue weighted by Gasteiger charge is 2.31. The van der Waals surface area contributed by atoms with Gasteiger partial charge in [0, 0.05) is 26.2 Å². The summed E-state index contributed by atoms with van der Waals surface area (Å²) in [6.45, 7) is 2.56. The minimum absolute atomic E-state index is 0.114. The summed E-state index contributed by atoms with van der Waals surface area (Å²) in [5.74, 6) is -0.255. The van der Waals surface area contributed by atoms with Gasteiger partial charge in [-0.25, -0.2) is 8.42 Å². The second-order valence-electron chi connectivity index (χ2n) is 8.33. The SMILES string of the molecule is CN1CCN(C(=O)[C@H](Cc2cccc(C#N)c2)NS(=O)(=O)c2ccc3ccccc3c2)CC1. The van der Waals surface area contributed by atoms with Crippen LogP contribution >= 0.6 is 0 Å². The van der Waals surface area contributed by atoms with E-state index in [1.807, 2.05) is 31.3 Å². The zero-order valence-corrected chi connectivity index (χ0v) is 19.3. The lowest BCUT2D eigenvalue weighted by atomic mass is 10.0. The van der Waals surface area contributed by atoms with E-state index < -0.39 is 16.1 Å². The summed E-state index contributed by atoms with van der Waals surface area (Å²) in [7, 11) is -1.96. The predicted octanol–water partition coefficient (Wildman–Crippen LogP) is 2.38. The highest BCUT2D eigenvalue weighted by Crippen LogP contribution is 2.20. The van der Waals surface area contributed by atoms with Crippen LogP contribution in [0.2, 0.25) is 0 Å². The summed E-state index contributed by atoms with van der Waals surface area (Å²) in [6.07, 6.45) is 0.160. The third kappa shape index (κ3) is 5.40. The second-order valence-corrected chi connectivity index (χ2v) is 10.0. The Kier molecular flexibility index (Phi) is 6.75. The summed E-state index contributed by atoms with van der Waals surface area (Å²) >= 11 is 0. The Balaban J connectivity index is 1.63. The van der Waals surface area contributed by atoms with Crippen LogP contribution in [0.4, 0.5) is 0 Å². The predicted molar refractivity (Wildman–Crippen MR) is 127 cm³/mol. The third-order valence-corrected chi connectivity index (χ3v) is 7.41. The fourth-order valence-corrected chi connectivity index (χ4v) is 5.24. The first kappa shape index (κ1) is 22.9. The van der Waals surface area contributed by atoms with Crippen LogP contribution in [0.5, 0.6) is 0 Å². The Bertz CT molecular complexity index is 1310. The van der Waals surface area contributed by atoms with Gasteiger partial charge in [-0.1, -0.05) is 42.5 Å². The molecule has 0 aromatic heterocycles. The lowest BCUT2D eigenvalue weighted by Crippen LogP contribution is -2.54. The van der Waals surface area contributed by atoms with E-state index in [-0.39, 0.29) is 17.2 Å². The van der Waals surface area contributed by atoms with Crippen LogP contribution in [0.3, 0.4) is 0 Å². The van der Waals surface area contributed by atoms with Crippen molar-refractivity contribution < 1.29 is 13.2 Å². The van der Waals surface area contributed by atoms with E-state index >= 15 is 0 Å². The van der Waals surface area contributed by atoms with E-state index in [0.29, 0.717) is 18.7 Å². The van der Waals surface area contributed by atoms with Crippen molar-refractivity contribution in [2.75, 3.05) is 33.2 Å². The molecule has 4 rings (SSSR count). The first-order valence-corrected chi connectivity index (χ1v) is 12.3. The maximum Gasteiger partial charge on any atom is 0.241 e. The fraction of sp³-hybridized carbons (Fsp3) is 0.280. The highest BCUT2D eigenvalue weighted by molar-refractivity contribution is 7.89. The summed E-state index contributed by atoms with van der Waals surface area (Å²) in [5, 5.41) is 11.0. The van der Waals surface area contributed by atoms with Crippen molar-refractivity contribution in [3.05, 3.63) is 77.9 Å². The number of amides is 1. The highest BCUT2D eigenvalue weighted by atomic mass is 32.2. The molecule has 1 N–H and O–H groups in total. The van der Waals surface area contributed by atoms with Crippen LogP contribution in [0.1, 0.15) is 11.1 Å². The van der Waals surface area contributed by atoms with Gasteiger partial charge in [-0.3, -0.25) is 4.79 Å². The normalized spacial score (nSPS) is 15.8. The molecule has 0 aliphatic carbocycles. The quantitative estimate of drug-likeness (QED) is 0.607. The number of piperazine rings is 1. The molecule has 0 unspecified atom stereocenters. The Labute approximate surface area is 194 Å². The van der Waals surface area contributed by atoms with Gasteiger partial charge in [0.1, 0.15) is 6.04 Å². The molecule has 0 spiro atoms. The van der Waals surface area contributed by atoms with Crippen molar-refractivity contribution in [2.24, 2.45) is 0 Å². The van der Waals surface area contributed by atoms with E-state index in [1.54, 1.807) is 47.4 Å². The molecule has 8 heteroatoms. The smallest absolute Gasteiger partial charge is 0.241 e. The molecule has 0 bridgehead atoms. The summed E-state index contributed by atoms with van der Waals surface area (Å²) in [6, 6.07) is 20.5. The molecule has 3 aromatic carbocycles. The Morgan fingerprint density at radius 2 is 1.73 bits per heavy atom. The maximum absolute atomic E-state index is 13.4. The molecule has 0 radical (unpaired) electrons. The summed E-state index contributed by atoms with van der Waals surface area (Å²) < 4.78 is 29.2. The number of hydrogen-bond donors (Lipinski definition) is 1. The second kappa shape index (κ2) is 9.71. The van der Waals surface area contributed by atoms with Gasteiger partial charge in [0.2, 0.25) is 15.9 Å². The third-order valence-electron chi connectivity index (χ3n) is 5.94. The molecule has 3 aromatic rings. The van der Waals surface area contributed by atoms with Crippen LogP contribution in [0.25, 0.3) is 10.8 Å². The van der Waals surface area contributed by atoms with Crippen molar-refractivity contribution in [3.8, 4) is 6.07 Å². The van der Waals surface area contributed by atoms with Crippen molar-refractivity contribution in [1.82, 2.24) is 14.5 Å². The molecule has 0 saturated carbocycles. The number of hydrogen-bond acceptors (Lipinski definition) is 5. The molecule has 1 saturated heterocycles. The Hall–Kier alpha value is -3.25. The lowest BCUT2D eigenvalue weighted by Gasteiger charge is -2.34. The molecule has 7 nitrogen and oxygen atoms in total. The average Bonchev–Trinajstić information content (AvgIpc) is 2.83. The van der Waals surface area contributed by atoms with Crippen molar-refractivity contribution >= 4 is 26.7 Å². The number of carbonyl (C=O) groups excluding carboxylic acids is 1. The molecule has 1 aliphatic rings. The number of likely N-dealkylation sites (N-methyl/N-ethyl adjacent to an activating group) is 1. The van der Waals surface area contributed by atoms with Crippen LogP contribution in [-0.2, 0) is 21.2 Å². The van der Waals surface area contributed by atoms with Gasteiger partial charge in [-0.15, -0.1) is 0 Å². The molecular formula is C25H26N4O3S. The van der Waals surface area contributed by atoms with E-state index in [0.717, 1.165) is 29.4 Å². The number of fused-ring (bicyclic) bond motifs is 1. The van der Waals surface area contributed by atoms with Gasteiger partial charge in [-0.05, 0) is 54.1 Å². The number of nitrogens with one attached hydrogen (secondary N) is 1. The van der Waals surface area contributed by atoms with Crippen molar-refractivity contribution in [3.63, 3.8) is 0 Å². The first-order chi connectivity index (χ1) is 15.9. The molecule has 1 fully saturated rings. The van der Waals surface area contributed by atoms with Crippen LogP contribution < -0.4 is 4.72 Å². The lowest BCUT2D eigenvalue weighted by molar-refractivity contribution is -0.134. The van der Waals surface area contributed by atoms with Crippen LogP contribution in [0, 0.1) is 11.3 Å². The number of carbonyl (C=O) groups is 1. The van der Waals surface area contributed by atoms with Crippen molar-refractivity contribution in [1.29, 1.82) is 5.26 Å². The topological polar surface area (TPSA) is 93.5 Å². The van der Waals surface area contributed by atoms with E-state index in [9.17, 15) is 18.5 Å². The summed E-state index contributed by atoms with van der Waals surface area (Å²) in [4.78, 5) is 17.4. The number of nitrogens with zero attached hydrogens (tertiary/aromatic N) is 3. The minimum Gasteiger partial charge on any atom is -0.339 e. The molecule has 33 heavy (non-hydrogen) atoms. The van der Waals surface area contributed by atoms with E-state index in [4.69, 9.17) is 0 Å². The zero-order valence-electron chi connectivity index (χ0n) is 18.4. The van der Waals surface area contributed by atoms with Gasteiger partial charge in [0.05, 0.1) is 16.5 Å². The maximum atomic E-state index is 13.4. The van der Waals surface area contributed by atoms with Gasteiger partial charge in [0.15, 0.2) is 0 Å². The van der Waals surface area contributed by atoms with E-state index in [1.165, 1.54) is 0 Å². The molecule has 1 heterocycles. The van der Waals surface area contributed by atoms with Crippen molar-refractivity contribution in [2.45, 2.75) is 17.4 Å². The number of rotatable bonds is 6.